The lowest BCUT2D eigenvalue weighted by atomic mass is 9.97. The van der Waals surface area contributed by atoms with Crippen LogP contribution in [-0.2, 0) is 13.1 Å². The van der Waals surface area contributed by atoms with Crippen molar-refractivity contribution in [3.63, 3.8) is 0 Å². The third-order valence-electron chi connectivity index (χ3n) is 4.15. The second-order valence-electron chi connectivity index (χ2n) is 5.44. The van der Waals surface area contributed by atoms with Gasteiger partial charge in [-0.3, -0.25) is 9.58 Å². The molecule has 4 nitrogen and oxygen atoms in total. The minimum atomic E-state index is 0.681. The van der Waals surface area contributed by atoms with Crippen LogP contribution >= 0.6 is 0 Å². The Kier molecular flexibility index (Phi) is 4.40. The van der Waals surface area contributed by atoms with E-state index in [9.17, 15) is 0 Å². The van der Waals surface area contributed by atoms with Crippen LogP contribution in [0.2, 0.25) is 0 Å². The minimum absolute atomic E-state index is 0.681. The van der Waals surface area contributed by atoms with Gasteiger partial charge in [0.2, 0.25) is 0 Å². The molecule has 0 aromatic carbocycles. The number of piperidine rings is 1. The highest BCUT2D eigenvalue weighted by Gasteiger charge is 2.21. The molecule has 1 aromatic rings. The number of nitrogens with zero attached hydrogens (tertiary/aromatic N) is 3. The van der Waals surface area contributed by atoms with E-state index in [4.69, 9.17) is 5.73 Å². The van der Waals surface area contributed by atoms with E-state index >= 15 is 0 Å². The number of nitrogens with two attached hydrogens (primary N) is 1. The van der Waals surface area contributed by atoms with E-state index in [2.05, 4.69) is 35.5 Å². The van der Waals surface area contributed by atoms with Crippen LogP contribution in [0.15, 0.2) is 0 Å². The minimum Gasteiger partial charge on any atom is -0.330 e. The quantitative estimate of drug-likeness (QED) is 0.884. The van der Waals surface area contributed by atoms with Crippen LogP contribution in [0.1, 0.15) is 36.7 Å². The lowest BCUT2D eigenvalue weighted by Crippen LogP contribution is -2.38. The van der Waals surface area contributed by atoms with Gasteiger partial charge in [0.15, 0.2) is 0 Å². The molecule has 1 unspecified atom stereocenters. The zero-order valence-electron chi connectivity index (χ0n) is 11.9. The summed E-state index contributed by atoms with van der Waals surface area (Å²) in [6.45, 7) is 11.6. The van der Waals surface area contributed by atoms with Crippen molar-refractivity contribution in [3.05, 3.63) is 17.0 Å². The largest absolute Gasteiger partial charge is 0.330 e. The molecule has 0 amide bonds. The summed E-state index contributed by atoms with van der Waals surface area (Å²) < 4.78 is 2.11. The van der Waals surface area contributed by atoms with Crippen molar-refractivity contribution >= 4 is 0 Å². The van der Waals surface area contributed by atoms with Crippen molar-refractivity contribution in [2.24, 2.45) is 11.7 Å². The Morgan fingerprint density at radius 1 is 1.39 bits per heavy atom. The van der Waals surface area contributed by atoms with Gasteiger partial charge in [-0.25, -0.2) is 0 Å². The molecule has 0 radical (unpaired) electrons. The molecule has 1 atom stereocenters. The van der Waals surface area contributed by atoms with E-state index in [-0.39, 0.29) is 0 Å². The maximum absolute atomic E-state index is 5.80. The fourth-order valence-electron chi connectivity index (χ4n) is 2.98. The monoisotopic (exact) mass is 250 g/mol. The zero-order valence-corrected chi connectivity index (χ0v) is 11.9. The lowest BCUT2D eigenvalue weighted by molar-refractivity contribution is 0.170. The molecule has 1 aromatic heterocycles. The highest BCUT2D eigenvalue weighted by Crippen LogP contribution is 2.21. The molecule has 4 heteroatoms. The van der Waals surface area contributed by atoms with Crippen LogP contribution in [0.25, 0.3) is 0 Å². The van der Waals surface area contributed by atoms with Gasteiger partial charge in [-0.05, 0) is 52.6 Å². The third kappa shape index (κ3) is 2.75. The number of hydrogen-bond acceptors (Lipinski definition) is 3. The molecule has 2 heterocycles. The first-order chi connectivity index (χ1) is 8.65. The smallest absolute Gasteiger partial charge is 0.0641 e. The second kappa shape index (κ2) is 5.85. The molecule has 2 N–H and O–H groups in total. The van der Waals surface area contributed by atoms with E-state index in [1.165, 1.54) is 36.3 Å². The number of hydrogen-bond donors (Lipinski definition) is 1. The number of aryl methyl sites for hydroxylation is 2. The SMILES string of the molecule is CCn1nc(C)c(CN2CCCC(CN)C2)c1C. The normalized spacial score (nSPS) is 21.4. The molecule has 1 aliphatic rings. The molecule has 0 aliphatic carbocycles. The molecule has 1 fully saturated rings. The molecule has 1 saturated heterocycles. The van der Waals surface area contributed by atoms with Gasteiger partial charge in [-0.1, -0.05) is 0 Å². The Hall–Kier alpha value is -0.870. The first kappa shape index (κ1) is 13.6. The van der Waals surface area contributed by atoms with Gasteiger partial charge in [-0.2, -0.15) is 5.10 Å². The summed E-state index contributed by atoms with van der Waals surface area (Å²) >= 11 is 0. The first-order valence-corrected chi connectivity index (χ1v) is 7.11. The summed E-state index contributed by atoms with van der Waals surface area (Å²) in [4.78, 5) is 2.54. The van der Waals surface area contributed by atoms with Gasteiger partial charge in [-0.15, -0.1) is 0 Å². The summed E-state index contributed by atoms with van der Waals surface area (Å²) in [7, 11) is 0. The number of likely N-dealkylation sites (tertiary alicyclic amines) is 1. The van der Waals surface area contributed by atoms with Crippen LogP contribution in [-0.4, -0.2) is 34.3 Å². The molecule has 1 aliphatic heterocycles. The lowest BCUT2D eigenvalue weighted by Gasteiger charge is -2.32. The average Bonchev–Trinajstić information content (AvgIpc) is 2.66. The van der Waals surface area contributed by atoms with Crippen molar-refractivity contribution in [2.75, 3.05) is 19.6 Å². The molecular weight excluding hydrogens is 224 g/mol. The molecule has 102 valence electrons. The topological polar surface area (TPSA) is 47.1 Å². The Morgan fingerprint density at radius 2 is 2.17 bits per heavy atom. The second-order valence-corrected chi connectivity index (χ2v) is 5.44. The summed E-state index contributed by atoms with van der Waals surface area (Å²) in [6.07, 6.45) is 2.57. The highest BCUT2D eigenvalue weighted by atomic mass is 15.3. The van der Waals surface area contributed by atoms with Crippen molar-refractivity contribution in [3.8, 4) is 0 Å². The number of aromatic nitrogens is 2. The summed E-state index contributed by atoms with van der Waals surface area (Å²) in [5.74, 6) is 0.681. The van der Waals surface area contributed by atoms with E-state index in [1.54, 1.807) is 0 Å². The van der Waals surface area contributed by atoms with Gasteiger partial charge in [0.05, 0.1) is 5.69 Å². The van der Waals surface area contributed by atoms with Crippen molar-refractivity contribution < 1.29 is 0 Å². The van der Waals surface area contributed by atoms with E-state index in [0.29, 0.717) is 5.92 Å². The maximum Gasteiger partial charge on any atom is 0.0641 e. The summed E-state index contributed by atoms with van der Waals surface area (Å²) in [5, 5.41) is 4.60. The van der Waals surface area contributed by atoms with Gasteiger partial charge in [0.25, 0.3) is 0 Å². The van der Waals surface area contributed by atoms with E-state index in [0.717, 1.165) is 26.2 Å². The van der Waals surface area contributed by atoms with Crippen LogP contribution in [0.3, 0.4) is 0 Å². The Bertz CT molecular complexity index is 397. The van der Waals surface area contributed by atoms with Gasteiger partial charge < -0.3 is 5.73 Å². The zero-order chi connectivity index (χ0) is 13.1. The molecule has 2 rings (SSSR count). The predicted molar refractivity (Wildman–Crippen MR) is 74.4 cm³/mol. The van der Waals surface area contributed by atoms with Gasteiger partial charge in [0.1, 0.15) is 0 Å². The molecule has 0 spiro atoms. The number of rotatable bonds is 4. The Morgan fingerprint density at radius 3 is 2.78 bits per heavy atom. The van der Waals surface area contributed by atoms with Crippen molar-refractivity contribution in [1.29, 1.82) is 0 Å². The first-order valence-electron chi connectivity index (χ1n) is 7.11. The van der Waals surface area contributed by atoms with E-state index < -0.39 is 0 Å². The van der Waals surface area contributed by atoms with Crippen molar-refractivity contribution in [2.45, 2.75) is 46.7 Å². The molecule has 0 bridgehead atoms. The van der Waals surface area contributed by atoms with Crippen molar-refractivity contribution in [1.82, 2.24) is 14.7 Å². The average molecular weight is 250 g/mol. The van der Waals surface area contributed by atoms with Crippen LogP contribution < -0.4 is 5.73 Å². The highest BCUT2D eigenvalue weighted by molar-refractivity contribution is 5.24. The van der Waals surface area contributed by atoms with Gasteiger partial charge in [0, 0.05) is 30.9 Å². The van der Waals surface area contributed by atoms with Gasteiger partial charge >= 0.3 is 0 Å². The Balaban J connectivity index is 2.07. The van der Waals surface area contributed by atoms with Crippen LogP contribution in [0.5, 0.6) is 0 Å². The van der Waals surface area contributed by atoms with E-state index in [1.807, 2.05) is 0 Å². The predicted octanol–water partition coefficient (Wildman–Crippen LogP) is 1.69. The van der Waals surface area contributed by atoms with Crippen LogP contribution in [0.4, 0.5) is 0 Å². The van der Waals surface area contributed by atoms with Crippen LogP contribution in [0, 0.1) is 19.8 Å². The summed E-state index contributed by atoms with van der Waals surface area (Å²) in [6, 6.07) is 0. The molecular formula is C14H26N4. The standard InChI is InChI=1S/C14H26N4/c1-4-18-12(3)14(11(2)16-18)10-17-7-5-6-13(8-15)9-17/h13H,4-10,15H2,1-3H3. The Labute approximate surface area is 110 Å². The molecule has 0 saturated carbocycles. The molecule has 18 heavy (non-hydrogen) atoms. The summed E-state index contributed by atoms with van der Waals surface area (Å²) in [5.41, 5.74) is 9.72. The fraction of sp³-hybridized carbons (Fsp3) is 0.786. The third-order valence-corrected chi connectivity index (χ3v) is 4.15. The fourth-order valence-corrected chi connectivity index (χ4v) is 2.98. The maximum atomic E-state index is 5.80.